The lowest BCUT2D eigenvalue weighted by molar-refractivity contribution is -0.128. The number of nitrogens with zero attached hydrogens (tertiary/aromatic N) is 1. The number of fused-ring (bicyclic) bond motifs is 2. The van der Waals surface area contributed by atoms with Crippen LogP contribution in [0.25, 0.3) is 11.3 Å². The summed E-state index contributed by atoms with van der Waals surface area (Å²) in [4.78, 5) is 17.7. The number of pyridine rings is 1. The van der Waals surface area contributed by atoms with Crippen LogP contribution in [0.2, 0.25) is 0 Å². The highest BCUT2D eigenvalue weighted by atomic mass is 32.2. The predicted octanol–water partition coefficient (Wildman–Crippen LogP) is 6.76. The fraction of sp³-hybridized carbons (Fsp3) is 0.600. The predicted molar refractivity (Wildman–Crippen MR) is 145 cm³/mol. The SMILES string of the molecule is Cc1cccnc1-c1c(OS(=O)(=O)C[C@@]23CC[C@@H](CC2=O)C3(C)C)cc(C(C)(C)C)cc1C(C)(C)C. The van der Waals surface area contributed by atoms with Gasteiger partial charge in [0.25, 0.3) is 0 Å². The smallest absolute Gasteiger partial charge is 0.310 e. The number of aromatic nitrogens is 1. The van der Waals surface area contributed by atoms with Crippen LogP contribution in [0.15, 0.2) is 30.5 Å². The van der Waals surface area contributed by atoms with Gasteiger partial charge < -0.3 is 4.18 Å². The van der Waals surface area contributed by atoms with Gasteiger partial charge in [-0.05, 0) is 70.8 Å². The molecular formula is C30H41NO4S. The third-order valence-corrected chi connectivity index (χ3v) is 10.1. The number of hydrogen-bond acceptors (Lipinski definition) is 5. The largest absolute Gasteiger partial charge is 0.382 e. The average Bonchev–Trinajstić information content (AvgIpc) is 3.06. The third-order valence-electron chi connectivity index (χ3n) is 8.80. The highest BCUT2D eigenvalue weighted by molar-refractivity contribution is 7.87. The van der Waals surface area contributed by atoms with Crippen molar-refractivity contribution in [2.45, 2.75) is 92.4 Å². The highest BCUT2D eigenvalue weighted by Gasteiger charge is 2.65. The van der Waals surface area contributed by atoms with Gasteiger partial charge in [0.05, 0.1) is 16.9 Å². The van der Waals surface area contributed by atoms with E-state index in [2.05, 4.69) is 52.6 Å². The monoisotopic (exact) mass is 511 g/mol. The van der Waals surface area contributed by atoms with Crippen LogP contribution in [0.1, 0.15) is 91.3 Å². The van der Waals surface area contributed by atoms with Crippen LogP contribution in [0.5, 0.6) is 5.75 Å². The normalized spacial score (nSPS) is 23.8. The summed E-state index contributed by atoms with van der Waals surface area (Å²) in [7, 11) is -4.08. The third kappa shape index (κ3) is 4.40. The van der Waals surface area contributed by atoms with Crippen molar-refractivity contribution < 1.29 is 17.4 Å². The number of carbonyl (C=O) groups excluding carboxylic acids is 1. The van der Waals surface area contributed by atoms with Crippen molar-refractivity contribution in [3.63, 3.8) is 0 Å². The fourth-order valence-corrected chi connectivity index (χ4v) is 8.02. The molecular weight excluding hydrogens is 470 g/mol. The number of rotatable bonds is 5. The summed E-state index contributed by atoms with van der Waals surface area (Å²) < 4.78 is 33.6. The minimum absolute atomic E-state index is 0.0653. The zero-order valence-corrected chi connectivity index (χ0v) is 24.1. The molecule has 0 N–H and O–H groups in total. The van der Waals surface area contributed by atoms with Gasteiger partial charge in [-0.15, -0.1) is 0 Å². The van der Waals surface area contributed by atoms with E-state index in [0.717, 1.165) is 23.1 Å². The minimum atomic E-state index is -4.08. The summed E-state index contributed by atoms with van der Waals surface area (Å²) in [5.41, 5.74) is 2.59. The van der Waals surface area contributed by atoms with Crippen molar-refractivity contribution in [3.05, 3.63) is 47.2 Å². The molecule has 1 aromatic carbocycles. The minimum Gasteiger partial charge on any atom is -0.382 e. The maximum atomic E-state index is 13.8. The lowest BCUT2D eigenvalue weighted by Gasteiger charge is -2.36. The van der Waals surface area contributed by atoms with Crippen molar-refractivity contribution in [1.82, 2.24) is 4.98 Å². The Kier molecular flexibility index (Phi) is 6.27. The molecule has 5 nitrogen and oxygen atoms in total. The Labute approximate surface area is 217 Å². The molecule has 0 unspecified atom stereocenters. The van der Waals surface area contributed by atoms with Gasteiger partial charge in [0.15, 0.2) is 5.75 Å². The van der Waals surface area contributed by atoms with E-state index in [1.807, 2.05) is 39.0 Å². The first-order valence-electron chi connectivity index (χ1n) is 13.0. The molecule has 2 bridgehead atoms. The second-order valence-electron chi connectivity index (χ2n) is 13.5. The van der Waals surface area contributed by atoms with E-state index in [1.54, 1.807) is 6.20 Å². The van der Waals surface area contributed by atoms with E-state index >= 15 is 0 Å². The summed E-state index contributed by atoms with van der Waals surface area (Å²) in [6.45, 7) is 18.7. The van der Waals surface area contributed by atoms with Crippen LogP contribution in [0, 0.1) is 23.7 Å². The standard InChI is InChI=1S/C30H41NO4S/c1-19-11-10-14-31-26(19)25-22(28(5,6)7)15-21(27(2,3)4)16-23(25)35-36(33,34)18-30-13-12-20(17-24(30)32)29(30,8)9/h10-11,14-16,20H,12-13,17-18H2,1-9H3/t20-,30-/m0/s1. The van der Waals surface area contributed by atoms with E-state index in [9.17, 15) is 13.2 Å². The first-order valence-corrected chi connectivity index (χ1v) is 14.5. The Balaban J connectivity index is 1.90. The molecule has 2 aromatic rings. The number of aryl methyl sites for hydroxylation is 1. The first kappa shape index (κ1) is 26.8. The molecule has 2 aliphatic rings. The molecule has 1 heterocycles. The van der Waals surface area contributed by atoms with Crippen molar-refractivity contribution >= 4 is 15.9 Å². The molecule has 1 aromatic heterocycles. The molecule has 6 heteroatoms. The Morgan fingerprint density at radius 3 is 2.25 bits per heavy atom. The molecule has 2 saturated carbocycles. The van der Waals surface area contributed by atoms with Crippen molar-refractivity contribution in [2.24, 2.45) is 16.7 Å². The number of hydrogen-bond donors (Lipinski definition) is 0. The maximum Gasteiger partial charge on any atom is 0.310 e. The van der Waals surface area contributed by atoms with Crippen LogP contribution in [0.3, 0.4) is 0 Å². The molecule has 2 atom stereocenters. The maximum absolute atomic E-state index is 13.8. The molecule has 0 aliphatic heterocycles. The zero-order chi connectivity index (χ0) is 26.9. The van der Waals surface area contributed by atoms with E-state index in [-0.39, 0.29) is 33.7 Å². The number of Topliss-reactive ketones (excluding diaryl/α,β-unsaturated/α-hetero) is 1. The van der Waals surface area contributed by atoms with Gasteiger partial charge in [-0.1, -0.05) is 67.5 Å². The van der Waals surface area contributed by atoms with E-state index in [0.29, 0.717) is 29.8 Å². The van der Waals surface area contributed by atoms with Gasteiger partial charge in [0.1, 0.15) is 5.78 Å². The Morgan fingerprint density at radius 1 is 1.08 bits per heavy atom. The van der Waals surface area contributed by atoms with Gasteiger partial charge in [-0.25, -0.2) is 0 Å². The Bertz CT molecular complexity index is 1310. The van der Waals surface area contributed by atoms with E-state index in [4.69, 9.17) is 4.18 Å². The lowest BCUT2D eigenvalue weighted by Crippen LogP contribution is -2.43. The summed E-state index contributed by atoms with van der Waals surface area (Å²) >= 11 is 0. The van der Waals surface area contributed by atoms with Gasteiger partial charge in [-0.2, -0.15) is 8.42 Å². The molecule has 0 saturated heterocycles. The molecule has 36 heavy (non-hydrogen) atoms. The van der Waals surface area contributed by atoms with Crippen LogP contribution >= 0.6 is 0 Å². The summed E-state index contributed by atoms with van der Waals surface area (Å²) in [5, 5.41) is 0. The quantitative estimate of drug-likeness (QED) is 0.415. The molecule has 0 amide bonds. The zero-order valence-electron chi connectivity index (χ0n) is 23.3. The van der Waals surface area contributed by atoms with E-state index in [1.165, 1.54) is 0 Å². The van der Waals surface area contributed by atoms with Crippen LogP contribution < -0.4 is 4.18 Å². The Hall–Kier alpha value is -2.21. The molecule has 0 spiro atoms. The summed E-state index contributed by atoms with van der Waals surface area (Å²) in [6, 6.07) is 7.86. The van der Waals surface area contributed by atoms with Crippen molar-refractivity contribution in [2.75, 3.05) is 5.75 Å². The fourth-order valence-electron chi connectivity index (χ4n) is 6.27. The van der Waals surface area contributed by atoms with Crippen LogP contribution in [0.4, 0.5) is 0 Å². The lowest BCUT2D eigenvalue weighted by atomic mass is 9.70. The van der Waals surface area contributed by atoms with Crippen molar-refractivity contribution in [3.8, 4) is 17.0 Å². The number of benzene rings is 1. The second kappa shape index (κ2) is 8.41. The van der Waals surface area contributed by atoms with Gasteiger partial charge in [0.2, 0.25) is 0 Å². The number of carbonyl (C=O) groups is 1. The molecule has 2 fully saturated rings. The summed E-state index contributed by atoms with van der Waals surface area (Å²) in [6.07, 6.45) is 3.69. The molecule has 196 valence electrons. The molecule has 4 rings (SSSR count). The van der Waals surface area contributed by atoms with Gasteiger partial charge in [0, 0.05) is 18.2 Å². The summed E-state index contributed by atoms with van der Waals surface area (Å²) in [5.74, 6) is 0.315. The topological polar surface area (TPSA) is 73.3 Å². The first-order chi connectivity index (χ1) is 16.4. The molecule has 0 radical (unpaired) electrons. The van der Waals surface area contributed by atoms with E-state index < -0.39 is 15.5 Å². The second-order valence-corrected chi connectivity index (χ2v) is 15.1. The average molecular weight is 512 g/mol. The van der Waals surface area contributed by atoms with Gasteiger partial charge in [-0.3, -0.25) is 9.78 Å². The molecule has 2 aliphatic carbocycles. The highest BCUT2D eigenvalue weighted by Crippen LogP contribution is 2.64. The van der Waals surface area contributed by atoms with Crippen molar-refractivity contribution in [1.29, 1.82) is 0 Å². The van der Waals surface area contributed by atoms with Gasteiger partial charge >= 0.3 is 10.1 Å². The Morgan fingerprint density at radius 2 is 1.75 bits per heavy atom. The number of ketones is 1. The van der Waals surface area contributed by atoms with Crippen LogP contribution in [-0.4, -0.2) is 24.9 Å². The van der Waals surface area contributed by atoms with Crippen LogP contribution in [-0.2, 0) is 25.7 Å².